The van der Waals surface area contributed by atoms with Crippen LogP contribution in [0.4, 0.5) is 0 Å². The van der Waals surface area contributed by atoms with E-state index in [1.54, 1.807) is 6.92 Å². The van der Waals surface area contributed by atoms with E-state index in [9.17, 15) is 4.79 Å². The van der Waals surface area contributed by atoms with Gasteiger partial charge in [-0.15, -0.1) is 0 Å². The summed E-state index contributed by atoms with van der Waals surface area (Å²) in [6, 6.07) is 0. The Morgan fingerprint density at radius 3 is 2.54 bits per heavy atom. The number of carboxylic acids is 1. The molecule has 2 heteroatoms. The minimum absolute atomic E-state index is 0.454. The minimum atomic E-state index is -0.816. The molecular weight excluding hydrogens is 164 g/mol. The van der Waals surface area contributed by atoms with Gasteiger partial charge in [-0.05, 0) is 19.8 Å². The van der Waals surface area contributed by atoms with Crippen molar-refractivity contribution < 1.29 is 9.90 Å². The van der Waals surface area contributed by atoms with E-state index in [0.29, 0.717) is 5.92 Å². The van der Waals surface area contributed by atoms with Gasteiger partial charge in [0.1, 0.15) is 5.92 Å². The normalized spacial score (nSPS) is 20.1. The highest BCUT2D eigenvalue weighted by molar-refractivity contribution is 5.72. The molecule has 1 rings (SSSR count). The first-order chi connectivity index (χ1) is 6.20. The maximum atomic E-state index is 10.5. The fraction of sp³-hybridized carbons (Fsp3) is 0.727. The minimum Gasteiger partial charge on any atom is -0.480 e. The van der Waals surface area contributed by atoms with E-state index in [1.807, 2.05) is 0 Å². The zero-order chi connectivity index (χ0) is 9.68. The van der Waals surface area contributed by atoms with Crippen molar-refractivity contribution in [3.05, 3.63) is 0 Å². The average molecular weight is 180 g/mol. The van der Waals surface area contributed by atoms with E-state index < -0.39 is 11.9 Å². The quantitative estimate of drug-likeness (QED) is 0.628. The second-order valence-electron chi connectivity index (χ2n) is 3.68. The first-order valence-corrected chi connectivity index (χ1v) is 4.94. The second-order valence-corrected chi connectivity index (χ2v) is 3.68. The number of carbonyl (C=O) groups is 1. The predicted octanol–water partition coefficient (Wildman–Crippen LogP) is 2.29. The Bertz CT molecular complexity index is 228. The molecule has 1 atom stereocenters. The summed E-state index contributed by atoms with van der Waals surface area (Å²) >= 11 is 0. The Morgan fingerprint density at radius 1 is 1.38 bits per heavy atom. The number of hydrogen-bond donors (Lipinski definition) is 1. The fourth-order valence-corrected chi connectivity index (χ4v) is 1.55. The molecule has 72 valence electrons. The number of hydrogen-bond acceptors (Lipinski definition) is 1. The largest absolute Gasteiger partial charge is 0.480 e. The Morgan fingerprint density at radius 2 is 2.00 bits per heavy atom. The molecular formula is C11H16O2. The molecule has 0 unspecified atom stereocenters. The molecule has 0 aliphatic heterocycles. The lowest BCUT2D eigenvalue weighted by atomic mass is 9.89. The van der Waals surface area contributed by atoms with Crippen molar-refractivity contribution in [3.8, 4) is 11.8 Å². The number of rotatable bonds is 1. The Hall–Kier alpha value is -0.970. The molecule has 0 heterocycles. The van der Waals surface area contributed by atoms with Gasteiger partial charge in [0, 0.05) is 5.92 Å². The summed E-state index contributed by atoms with van der Waals surface area (Å²) in [4.78, 5) is 10.5. The third-order valence-electron chi connectivity index (χ3n) is 2.48. The lowest BCUT2D eigenvalue weighted by Gasteiger charge is -2.15. The van der Waals surface area contributed by atoms with Crippen LogP contribution in [0.1, 0.15) is 39.0 Å². The smallest absolute Gasteiger partial charge is 0.318 e. The lowest BCUT2D eigenvalue weighted by molar-refractivity contribution is -0.139. The van der Waals surface area contributed by atoms with E-state index >= 15 is 0 Å². The molecule has 0 aromatic carbocycles. The molecule has 1 saturated carbocycles. The average Bonchev–Trinajstić information content (AvgIpc) is 2.15. The van der Waals surface area contributed by atoms with Crippen LogP contribution in [0, 0.1) is 23.7 Å². The second kappa shape index (κ2) is 4.91. The van der Waals surface area contributed by atoms with Crippen molar-refractivity contribution in [2.45, 2.75) is 39.0 Å². The molecule has 1 aliphatic carbocycles. The van der Waals surface area contributed by atoms with Crippen LogP contribution in [0.3, 0.4) is 0 Å². The third kappa shape index (κ3) is 3.50. The highest BCUT2D eigenvalue weighted by atomic mass is 16.4. The lowest BCUT2D eigenvalue weighted by Crippen LogP contribution is -2.08. The summed E-state index contributed by atoms with van der Waals surface area (Å²) in [5, 5.41) is 8.61. The standard InChI is InChI=1S/C11H16O2/c1-9(11(12)13)7-8-10-5-3-2-4-6-10/h9-10H,2-6H2,1H3,(H,12,13)/t9-/m1/s1. The van der Waals surface area contributed by atoms with Gasteiger partial charge in [0.25, 0.3) is 0 Å². The molecule has 0 saturated heterocycles. The first-order valence-electron chi connectivity index (χ1n) is 4.94. The SMILES string of the molecule is C[C@H](C#CC1CCCCC1)C(=O)O. The summed E-state index contributed by atoms with van der Waals surface area (Å²) in [7, 11) is 0. The Balaban J connectivity index is 2.40. The topological polar surface area (TPSA) is 37.3 Å². The van der Waals surface area contributed by atoms with Crippen molar-refractivity contribution in [1.82, 2.24) is 0 Å². The Kier molecular flexibility index (Phi) is 3.82. The molecule has 2 nitrogen and oxygen atoms in total. The molecule has 13 heavy (non-hydrogen) atoms. The summed E-state index contributed by atoms with van der Waals surface area (Å²) in [6.45, 7) is 1.64. The van der Waals surface area contributed by atoms with E-state index in [4.69, 9.17) is 5.11 Å². The Labute approximate surface area is 79.3 Å². The molecule has 0 bridgehead atoms. The maximum Gasteiger partial charge on any atom is 0.318 e. The van der Waals surface area contributed by atoms with Crippen molar-refractivity contribution >= 4 is 5.97 Å². The van der Waals surface area contributed by atoms with Crippen LogP contribution < -0.4 is 0 Å². The first kappa shape index (κ1) is 10.1. The molecule has 0 aromatic rings. The van der Waals surface area contributed by atoms with Gasteiger partial charge in [-0.3, -0.25) is 4.79 Å². The van der Waals surface area contributed by atoms with Gasteiger partial charge in [0.15, 0.2) is 0 Å². The maximum absolute atomic E-state index is 10.5. The molecule has 0 amide bonds. The zero-order valence-electron chi connectivity index (χ0n) is 8.05. The summed E-state index contributed by atoms with van der Waals surface area (Å²) in [5.41, 5.74) is 0. The molecule has 0 radical (unpaired) electrons. The van der Waals surface area contributed by atoms with Gasteiger partial charge >= 0.3 is 5.97 Å². The van der Waals surface area contributed by atoms with Crippen molar-refractivity contribution in [3.63, 3.8) is 0 Å². The van der Waals surface area contributed by atoms with E-state index in [0.717, 1.165) is 12.8 Å². The van der Waals surface area contributed by atoms with Crippen LogP contribution >= 0.6 is 0 Å². The monoisotopic (exact) mass is 180 g/mol. The van der Waals surface area contributed by atoms with Gasteiger partial charge in [-0.25, -0.2) is 0 Å². The number of aliphatic carboxylic acids is 1. The van der Waals surface area contributed by atoms with Crippen LogP contribution in [-0.2, 0) is 4.79 Å². The van der Waals surface area contributed by atoms with Crippen LogP contribution in [-0.4, -0.2) is 11.1 Å². The van der Waals surface area contributed by atoms with E-state index in [1.165, 1.54) is 19.3 Å². The molecule has 1 fully saturated rings. The highest BCUT2D eigenvalue weighted by Crippen LogP contribution is 2.22. The van der Waals surface area contributed by atoms with Crippen LogP contribution in [0.2, 0.25) is 0 Å². The van der Waals surface area contributed by atoms with Crippen molar-refractivity contribution in [2.24, 2.45) is 11.8 Å². The van der Waals surface area contributed by atoms with Gasteiger partial charge < -0.3 is 5.11 Å². The fourth-order valence-electron chi connectivity index (χ4n) is 1.55. The van der Waals surface area contributed by atoms with Crippen molar-refractivity contribution in [1.29, 1.82) is 0 Å². The van der Waals surface area contributed by atoms with Crippen LogP contribution in [0.15, 0.2) is 0 Å². The van der Waals surface area contributed by atoms with E-state index in [2.05, 4.69) is 11.8 Å². The summed E-state index contributed by atoms with van der Waals surface area (Å²) in [6.07, 6.45) is 6.12. The molecule has 0 spiro atoms. The zero-order valence-corrected chi connectivity index (χ0v) is 8.05. The molecule has 1 N–H and O–H groups in total. The van der Waals surface area contributed by atoms with Crippen LogP contribution in [0.5, 0.6) is 0 Å². The van der Waals surface area contributed by atoms with Gasteiger partial charge in [-0.2, -0.15) is 0 Å². The van der Waals surface area contributed by atoms with Gasteiger partial charge in [0.2, 0.25) is 0 Å². The summed E-state index contributed by atoms with van der Waals surface area (Å²) < 4.78 is 0. The highest BCUT2D eigenvalue weighted by Gasteiger charge is 2.11. The molecule has 1 aliphatic rings. The van der Waals surface area contributed by atoms with E-state index in [-0.39, 0.29) is 0 Å². The van der Waals surface area contributed by atoms with Crippen LogP contribution in [0.25, 0.3) is 0 Å². The third-order valence-corrected chi connectivity index (χ3v) is 2.48. The van der Waals surface area contributed by atoms with Crippen molar-refractivity contribution in [2.75, 3.05) is 0 Å². The van der Waals surface area contributed by atoms with Gasteiger partial charge in [0.05, 0.1) is 0 Å². The van der Waals surface area contributed by atoms with Gasteiger partial charge in [-0.1, -0.05) is 31.1 Å². The molecule has 0 aromatic heterocycles. The number of carboxylic acid groups (broad SMARTS) is 1. The summed E-state index contributed by atoms with van der Waals surface area (Å²) in [5.74, 6) is 5.00. The predicted molar refractivity (Wildman–Crippen MR) is 51.2 cm³/mol.